The van der Waals surface area contributed by atoms with E-state index in [0.717, 1.165) is 6.07 Å². The van der Waals surface area contributed by atoms with Gasteiger partial charge < -0.3 is 15.5 Å². The number of rotatable bonds is 4. The van der Waals surface area contributed by atoms with Crippen LogP contribution in [0.25, 0.3) is 0 Å². The van der Waals surface area contributed by atoms with Crippen molar-refractivity contribution in [3.8, 4) is 6.07 Å². The Morgan fingerprint density at radius 1 is 1.18 bits per heavy atom. The molecule has 2 aromatic carbocycles. The summed E-state index contributed by atoms with van der Waals surface area (Å²) in [7, 11) is 1.36. The first kappa shape index (κ1) is 25.2. The second kappa shape index (κ2) is 9.06. The van der Waals surface area contributed by atoms with Crippen LogP contribution in [0.5, 0.6) is 0 Å². The average molecular weight is 505 g/mol. The van der Waals surface area contributed by atoms with Crippen LogP contribution in [0, 0.1) is 11.3 Å². The van der Waals surface area contributed by atoms with Crippen LogP contribution in [0.2, 0.25) is 5.02 Å². The number of halogens is 7. The summed E-state index contributed by atoms with van der Waals surface area (Å²) < 4.78 is 81.9. The van der Waals surface area contributed by atoms with Crippen molar-refractivity contribution in [1.82, 2.24) is 10.6 Å². The van der Waals surface area contributed by atoms with E-state index in [1.165, 1.54) is 31.3 Å². The summed E-state index contributed by atoms with van der Waals surface area (Å²) in [6.45, 7) is 0. The van der Waals surface area contributed by atoms with Crippen molar-refractivity contribution in [3.05, 3.63) is 69.7 Å². The number of oxime groups is 1. The second-order valence-corrected chi connectivity index (χ2v) is 7.70. The maximum Gasteiger partial charge on any atom is 0.435 e. The lowest BCUT2D eigenvalue weighted by atomic mass is 9.85. The molecule has 1 aliphatic heterocycles. The quantitative estimate of drug-likeness (QED) is 0.544. The van der Waals surface area contributed by atoms with Gasteiger partial charge >= 0.3 is 18.4 Å². The van der Waals surface area contributed by atoms with E-state index in [9.17, 15) is 36.4 Å². The molecule has 0 bridgehead atoms. The number of nitriles is 1. The van der Waals surface area contributed by atoms with Crippen molar-refractivity contribution in [1.29, 1.82) is 5.26 Å². The molecule has 2 atom stereocenters. The van der Waals surface area contributed by atoms with E-state index >= 15 is 0 Å². The van der Waals surface area contributed by atoms with E-state index in [1.807, 2.05) is 6.07 Å². The van der Waals surface area contributed by atoms with E-state index in [0.29, 0.717) is 17.7 Å². The lowest BCUT2D eigenvalue weighted by Crippen LogP contribution is -2.42. The van der Waals surface area contributed by atoms with E-state index in [1.54, 1.807) is 0 Å². The third-order valence-corrected chi connectivity index (χ3v) is 5.30. The molecule has 2 aromatic rings. The average Bonchev–Trinajstić information content (AvgIpc) is 3.23. The largest absolute Gasteiger partial charge is 0.435 e. The van der Waals surface area contributed by atoms with Gasteiger partial charge in [0, 0.05) is 24.1 Å². The second-order valence-electron chi connectivity index (χ2n) is 7.26. The Morgan fingerprint density at radius 3 is 2.35 bits per heavy atom. The van der Waals surface area contributed by atoms with Crippen LogP contribution >= 0.6 is 11.6 Å². The van der Waals surface area contributed by atoms with E-state index in [2.05, 4.69) is 15.8 Å². The van der Waals surface area contributed by atoms with Gasteiger partial charge in [-0.2, -0.15) is 31.6 Å². The van der Waals surface area contributed by atoms with Gasteiger partial charge in [-0.3, -0.25) is 0 Å². The third-order valence-electron chi connectivity index (χ3n) is 5.09. The van der Waals surface area contributed by atoms with Crippen molar-refractivity contribution in [3.63, 3.8) is 0 Å². The molecule has 0 aromatic heterocycles. The van der Waals surface area contributed by atoms with Crippen molar-refractivity contribution in [2.75, 3.05) is 7.05 Å². The minimum atomic E-state index is -5.13. The molecule has 2 unspecified atom stereocenters. The van der Waals surface area contributed by atoms with Gasteiger partial charge in [0.05, 0.1) is 17.3 Å². The fraction of sp³-hybridized carbons (Fsp3) is 0.286. The Kier molecular flexibility index (Phi) is 6.71. The van der Waals surface area contributed by atoms with E-state index in [4.69, 9.17) is 16.4 Å². The van der Waals surface area contributed by atoms with Gasteiger partial charge in [0.2, 0.25) is 0 Å². The maximum atomic E-state index is 14.1. The highest BCUT2D eigenvalue weighted by Gasteiger charge is 2.62. The van der Waals surface area contributed by atoms with Crippen LogP contribution in [0.4, 0.5) is 31.1 Å². The number of hydrogen-bond donors (Lipinski definition) is 2. The molecule has 2 N–H and O–H groups in total. The number of carbonyl (C=O) groups excluding carboxylic acids is 1. The maximum absolute atomic E-state index is 14.1. The molecule has 34 heavy (non-hydrogen) atoms. The minimum absolute atomic E-state index is 0.176. The summed E-state index contributed by atoms with van der Waals surface area (Å²) in [4.78, 5) is 16.2. The van der Waals surface area contributed by atoms with Crippen LogP contribution in [0.1, 0.15) is 34.7 Å². The third kappa shape index (κ3) is 4.89. The summed E-state index contributed by atoms with van der Waals surface area (Å²) in [6.07, 6.45) is -11.0. The first-order chi connectivity index (χ1) is 15.8. The van der Waals surface area contributed by atoms with Crippen molar-refractivity contribution < 1.29 is 36.0 Å². The van der Waals surface area contributed by atoms with Gasteiger partial charge in [-0.05, 0) is 29.3 Å². The Hall–Kier alpha value is -3.46. The first-order valence-corrected chi connectivity index (χ1v) is 9.87. The Morgan fingerprint density at radius 2 is 1.82 bits per heavy atom. The molecule has 3 rings (SSSR count). The van der Waals surface area contributed by atoms with Gasteiger partial charge in [0.25, 0.3) is 5.60 Å². The monoisotopic (exact) mass is 504 g/mol. The molecule has 0 radical (unpaired) electrons. The number of nitrogens with one attached hydrogen (secondary N) is 2. The number of nitrogens with zero attached hydrogens (tertiary/aromatic N) is 2. The minimum Gasteiger partial charge on any atom is -0.374 e. The topological polar surface area (TPSA) is 86.5 Å². The normalized spacial score (nSPS) is 19.0. The predicted molar refractivity (Wildman–Crippen MR) is 109 cm³/mol. The van der Waals surface area contributed by atoms with Crippen molar-refractivity contribution >= 4 is 23.3 Å². The molecular formula is C21H15ClF6N4O2. The molecule has 2 amide bonds. The van der Waals surface area contributed by atoms with Gasteiger partial charge in [-0.25, -0.2) is 4.79 Å². The lowest BCUT2D eigenvalue weighted by Gasteiger charge is -2.30. The molecule has 0 saturated heterocycles. The Bertz CT molecular complexity index is 1160. The number of carbonyl (C=O) groups is 1. The first-order valence-electron chi connectivity index (χ1n) is 9.49. The summed E-state index contributed by atoms with van der Waals surface area (Å²) in [6, 6.07) is 7.36. The molecule has 6 nitrogen and oxygen atoms in total. The highest BCUT2D eigenvalue weighted by atomic mass is 35.5. The molecule has 1 heterocycles. The van der Waals surface area contributed by atoms with E-state index < -0.39 is 52.6 Å². The molecule has 180 valence electrons. The van der Waals surface area contributed by atoms with Crippen LogP contribution in [0.3, 0.4) is 0 Å². The number of benzene rings is 2. The molecule has 0 spiro atoms. The molecular weight excluding hydrogens is 490 g/mol. The Balaban J connectivity index is 1.94. The highest BCUT2D eigenvalue weighted by Crippen LogP contribution is 2.50. The number of hydrogen-bond acceptors (Lipinski definition) is 4. The molecule has 13 heteroatoms. The lowest BCUT2D eigenvalue weighted by molar-refractivity contribution is -0.276. The molecule has 0 saturated carbocycles. The summed E-state index contributed by atoms with van der Waals surface area (Å²) in [5.74, 6) is 0. The summed E-state index contributed by atoms with van der Waals surface area (Å²) in [5, 5.41) is 16.9. The standard InChI is InChI=1S/C21H15ClF6N4O2/c1-30-18(33)31-17(10-29)12-4-2-11(3-5-12)16-9-19(34-32-16,21(26,27)28)13-6-14(20(23,24)25)8-15(22)7-13/h2-8,17H,9H2,1H3,(H2,30,31,33). The van der Waals surface area contributed by atoms with Crippen LogP contribution in [-0.2, 0) is 16.6 Å². The number of amides is 2. The molecule has 0 aliphatic carbocycles. The van der Waals surface area contributed by atoms with Gasteiger partial charge in [0.1, 0.15) is 6.04 Å². The molecule has 0 fully saturated rings. The SMILES string of the molecule is CNC(=O)NC(C#N)c1ccc(C2=NOC(c3cc(Cl)cc(C(F)(F)F)c3)(C(F)(F)F)C2)cc1. The van der Waals surface area contributed by atoms with Crippen LogP contribution in [0.15, 0.2) is 47.6 Å². The zero-order valence-corrected chi connectivity index (χ0v) is 17.9. The van der Waals surface area contributed by atoms with Crippen molar-refractivity contribution in [2.45, 2.75) is 30.4 Å². The van der Waals surface area contributed by atoms with Crippen molar-refractivity contribution in [2.24, 2.45) is 5.16 Å². The fourth-order valence-corrected chi connectivity index (χ4v) is 3.54. The van der Waals surface area contributed by atoms with Crippen LogP contribution < -0.4 is 10.6 Å². The van der Waals surface area contributed by atoms with E-state index in [-0.39, 0.29) is 11.3 Å². The van der Waals surface area contributed by atoms with Gasteiger partial charge in [0.15, 0.2) is 0 Å². The fourth-order valence-electron chi connectivity index (χ4n) is 3.31. The summed E-state index contributed by atoms with van der Waals surface area (Å²) >= 11 is 5.69. The smallest absolute Gasteiger partial charge is 0.374 e. The predicted octanol–water partition coefficient (Wildman–Crippen LogP) is 5.43. The molecule has 1 aliphatic rings. The zero-order chi connectivity index (χ0) is 25.3. The summed E-state index contributed by atoms with van der Waals surface area (Å²) in [5.41, 5.74) is -5.02. The van der Waals surface area contributed by atoms with Crippen LogP contribution in [-0.4, -0.2) is 25.0 Å². The zero-order valence-electron chi connectivity index (χ0n) is 17.2. The Labute approximate surface area is 194 Å². The van der Waals surface area contributed by atoms with Gasteiger partial charge in [-0.1, -0.05) is 41.0 Å². The highest BCUT2D eigenvalue weighted by molar-refractivity contribution is 6.30. The number of urea groups is 1. The number of alkyl halides is 6. The van der Waals surface area contributed by atoms with Gasteiger partial charge in [-0.15, -0.1) is 0 Å².